The molecule has 2 atom stereocenters. The summed E-state index contributed by atoms with van der Waals surface area (Å²) in [6.45, 7) is 3.82. The Morgan fingerprint density at radius 2 is 1.79 bits per heavy atom. The molecule has 2 aliphatic heterocycles. The number of amides is 1. The van der Waals surface area contributed by atoms with Crippen LogP contribution in [0.4, 0.5) is 5.69 Å². The second-order valence-electron chi connectivity index (χ2n) is 10.4. The zero-order valence-corrected chi connectivity index (χ0v) is 21.7. The van der Waals surface area contributed by atoms with Gasteiger partial charge in [0, 0.05) is 30.4 Å². The number of ether oxygens (including phenoxy) is 1. The van der Waals surface area contributed by atoms with Crippen LogP contribution in [0.5, 0.6) is 0 Å². The van der Waals surface area contributed by atoms with Crippen molar-refractivity contribution in [3.63, 3.8) is 0 Å². The van der Waals surface area contributed by atoms with Gasteiger partial charge in [-0.05, 0) is 43.7 Å². The van der Waals surface area contributed by atoms with Crippen LogP contribution in [0.1, 0.15) is 25.5 Å². The van der Waals surface area contributed by atoms with Crippen molar-refractivity contribution >= 4 is 28.5 Å². The van der Waals surface area contributed by atoms with Gasteiger partial charge in [0.05, 0.1) is 41.1 Å². The highest BCUT2D eigenvalue weighted by Gasteiger charge is 2.57. The number of hydrogen-bond donors (Lipinski definition) is 1. The van der Waals surface area contributed by atoms with Crippen molar-refractivity contribution in [2.24, 2.45) is 12.5 Å². The van der Waals surface area contributed by atoms with E-state index in [0.29, 0.717) is 5.69 Å². The summed E-state index contributed by atoms with van der Waals surface area (Å²) in [4.78, 5) is 41.1. The van der Waals surface area contributed by atoms with Gasteiger partial charge >= 0.3 is 5.97 Å². The van der Waals surface area contributed by atoms with E-state index in [0.717, 1.165) is 22.2 Å². The molecule has 1 fully saturated rings. The summed E-state index contributed by atoms with van der Waals surface area (Å²) in [5, 5.41) is 14.8. The molecule has 2 aromatic carbocycles. The number of rotatable bonds is 5. The summed E-state index contributed by atoms with van der Waals surface area (Å²) >= 11 is 0. The Bertz CT molecular complexity index is 1700. The Balaban J connectivity index is 1.46. The van der Waals surface area contributed by atoms with Crippen molar-refractivity contribution in [1.29, 1.82) is 0 Å². The zero-order chi connectivity index (χ0) is 27.5. The fraction of sp³-hybridized carbons (Fsp3) is 0.241. The van der Waals surface area contributed by atoms with E-state index in [2.05, 4.69) is 5.10 Å². The molecule has 6 rings (SSSR count). The molecule has 0 aliphatic carbocycles. The second kappa shape index (κ2) is 8.87. The first kappa shape index (κ1) is 24.5. The maximum atomic E-state index is 14.1. The number of fused-ring (bicyclic) bond motifs is 1. The smallest absolute Gasteiger partial charge is 0.372 e. The molecule has 4 aromatic rings. The van der Waals surface area contributed by atoms with Crippen LogP contribution < -0.4 is 10.5 Å². The Hall–Kier alpha value is -4.86. The van der Waals surface area contributed by atoms with E-state index in [4.69, 9.17) is 4.74 Å². The number of carbonyl (C=O) groups is 2. The predicted octanol–water partition coefficient (Wildman–Crippen LogP) is 3.42. The van der Waals surface area contributed by atoms with E-state index < -0.39 is 23.5 Å². The lowest BCUT2D eigenvalue weighted by atomic mass is 9.81. The first-order chi connectivity index (χ1) is 18.7. The minimum absolute atomic E-state index is 0.0472. The van der Waals surface area contributed by atoms with Crippen molar-refractivity contribution in [2.45, 2.75) is 25.9 Å². The molecule has 0 radical (unpaired) electrons. The molecule has 0 spiro atoms. The molecule has 0 saturated carbocycles. The number of aryl methyl sites for hydroxylation is 1. The van der Waals surface area contributed by atoms with E-state index in [1.165, 1.54) is 16.8 Å². The van der Waals surface area contributed by atoms with Gasteiger partial charge in [-0.15, -0.1) is 0 Å². The van der Waals surface area contributed by atoms with Crippen molar-refractivity contribution in [1.82, 2.24) is 19.2 Å². The van der Waals surface area contributed by atoms with Gasteiger partial charge in [0.2, 0.25) is 17.2 Å². The highest BCUT2D eigenvalue weighted by molar-refractivity contribution is 6.03. The number of benzene rings is 2. The maximum Gasteiger partial charge on any atom is 0.372 e. The average Bonchev–Trinajstić information content (AvgIpc) is 3.62. The van der Waals surface area contributed by atoms with E-state index >= 15 is 0 Å². The first-order valence-corrected chi connectivity index (χ1v) is 12.5. The molecule has 1 saturated heterocycles. The molecule has 10 heteroatoms. The number of nitrogens with zero attached hydrogens (tertiary/aromatic N) is 5. The summed E-state index contributed by atoms with van der Waals surface area (Å²) in [5.41, 5.74) is 2.25. The van der Waals surface area contributed by atoms with Crippen LogP contribution in [0.3, 0.4) is 0 Å². The normalized spacial score (nSPS) is 20.4. The monoisotopic (exact) mass is 525 g/mol. The van der Waals surface area contributed by atoms with E-state index in [1.54, 1.807) is 35.1 Å². The number of hydrogen-bond acceptors (Lipinski definition) is 6. The minimum atomic E-state index is -1.14. The van der Waals surface area contributed by atoms with Crippen molar-refractivity contribution < 1.29 is 19.4 Å². The van der Waals surface area contributed by atoms with Crippen LogP contribution in [0.25, 0.3) is 16.6 Å². The highest BCUT2D eigenvalue weighted by atomic mass is 16.5. The van der Waals surface area contributed by atoms with Crippen LogP contribution >= 0.6 is 0 Å². The summed E-state index contributed by atoms with van der Waals surface area (Å²) in [6.07, 6.45) is 4.95. The number of carbonyl (C=O) groups excluding carboxylic acids is 1. The third-order valence-electron chi connectivity index (χ3n) is 7.59. The fourth-order valence-corrected chi connectivity index (χ4v) is 5.68. The zero-order valence-electron chi connectivity index (χ0n) is 21.7. The molecule has 10 nitrogen and oxygen atoms in total. The Labute approximate surface area is 223 Å². The maximum absolute atomic E-state index is 14.1. The Morgan fingerprint density at radius 1 is 1.05 bits per heavy atom. The molecule has 2 aliphatic rings. The number of aliphatic carboxylic acids is 1. The number of pyridine rings is 1. The third kappa shape index (κ3) is 3.87. The topological polar surface area (TPSA) is 110 Å². The van der Waals surface area contributed by atoms with Gasteiger partial charge in [0.1, 0.15) is 0 Å². The van der Waals surface area contributed by atoms with Gasteiger partial charge in [-0.25, -0.2) is 9.48 Å². The van der Waals surface area contributed by atoms with Gasteiger partial charge in [-0.3, -0.25) is 9.59 Å². The van der Waals surface area contributed by atoms with Crippen LogP contribution in [0.15, 0.2) is 89.8 Å². The summed E-state index contributed by atoms with van der Waals surface area (Å²) in [7, 11) is 1.69. The number of anilines is 1. The minimum Gasteiger partial charge on any atom is -0.475 e. The summed E-state index contributed by atoms with van der Waals surface area (Å²) < 4.78 is 8.69. The highest BCUT2D eigenvalue weighted by Crippen LogP contribution is 2.50. The molecule has 39 heavy (non-hydrogen) atoms. The fourth-order valence-electron chi connectivity index (χ4n) is 5.68. The van der Waals surface area contributed by atoms with Crippen LogP contribution in [-0.4, -0.2) is 49.0 Å². The molecule has 0 unspecified atom stereocenters. The number of carboxylic acids is 1. The Morgan fingerprint density at radius 3 is 2.49 bits per heavy atom. The standard InChI is InChI=1S/C29H27N5O5/c1-29(2)26(32-16-23(27(36)37)39-17-32)25(18-7-5-4-6-8-18)33(28(29)38)20-9-11-22-19(13-20)14-30-34(22)21-10-12-24(35)31(3)15-21/h4-16,25-26H,17H2,1-3H3,(H,36,37)/t25-,26-/m0/s1. The summed E-state index contributed by atoms with van der Waals surface area (Å²) in [6, 6.07) is 17.9. The molecule has 0 bridgehead atoms. The van der Waals surface area contributed by atoms with Gasteiger partial charge < -0.3 is 24.2 Å². The van der Waals surface area contributed by atoms with Gasteiger partial charge in [0.25, 0.3) is 0 Å². The predicted molar refractivity (Wildman–Crippen MR) is 144 cm³/mol. The molecule has 1 N–H and O–H groups in total. The number of carboxylic acid groups (broad SMARTS) is 1. The lowest BCUT2D eigenvalue weighted by molar-refractivity contribution is -0.136. The average molecular weight is 526 g/mol. The molecule has 198 valence electrons. The van der Waals surface area contributed by atoms with Crippen molar-refractivity contribution in [3.05, 3.63) is 101 Å². The van der Waals surface area contributed by atoms with Crippen LogP contribution in [0.2, 0.25) is 0 Å². The lowest BCUT2D eigenvalue weighted by Crippen LogP contribution is -2.43. The molecule has 4 heterocycles. The second-order valence-corrected chi connectivity index (χ2v) is 10.4. The van der Waals surface area contributed by atoms with Gasteiger partial charge in [-0.1, -0.05) is 30.3 Å². The molecular weight excluding hydrogens is 498 g/mol. The van der Waals surface area contributed by atoms with E-state index in [9.17, 15) is 19.5 Å². The first-order valence-electron chi connectivity index (χ1n) is 12.5. The van der Waals surface area contributed by atoms with Gasteiger partial charge in [-0.2, -0.15) is 5.10 Å². The Kier molecular flexibility index (Phi) is 5.56. The largest absolute Gasteiger partial charge is 0.475 e. The van der Waals surface area contributed by atoms with Crippen molar-refractivity contribution in [3.8, 4) is 5.69 Å². The van der Waals surface area contributed by atoms with Crippen LogP contribution in [0, 0.1) is 5.41 Å². The third-order valence-corrected chi connectivity index (χ3v) is 7.59. The number of aromatic nitrogens is 3. The summed E-state index contributed by atoms with van der Waals surface area (Å²) in [5.74, 6) is -1.37. The van der Waals surface area contributed by atoms with E-state index in [1.807, 2.05) is 67.3 Å². The van der Waals surface area contributed by atoms with E-state index in [-0.39, 0.29) is 24.0 Å². The molecule has 2 aromatic heterocycles. The SMILES string of the molecule is Cn1cc(-n2ncc3cc(N4C(=O)C(C)(C)[C@@H](N5C=C(C(=O)O)OC5)[C@@H]4c4ccccc4)ccc32)ccc1=O. The van der Waals surface area contributed by atoms with Gasteiger partial charge in [0.15, 0.2) is 6.73 Å². The molecular formula is C29H27N5O5. The quantitative estimate of drug-likeness (QED) is 0.425. The lowest BCUT2D eigenvalue weighted by Gasteiger charge is -2.35. The van der Waals surface area contributed by atoms with Crippen molar-refractivity contribution in [2.75, 3.05) is 11.6 Å². The van der Waals surface area contributed by atoms with Crippen LogP contribution in [-0.2, 0) is 21.4 Å². The molecule has 1 amide bonds.